The third-order valence-corrected chi connectivity index (χ3v) is 0.835. The van der Waals surface area contributed by atoms with Crippen LogP contribution in [0.15, 0.2) is 0 Å². The maximum atomic E-state index is 9.69. The highest BCUT2D eigenvalue weighted by atomic mass is 31.2. The van der Waals surface area contributed by atoms with Crippen LogP contribution in [0, 0.1) is 0 Å². The highest BCUT2D eigenvalue weighted by molar-refractivity contribution is 7.54. The van der Waals surface area contributed by atoms with Crippen molar-refractivity contribution >= 4 is 13.9 Å². The lowest BCUT2D eigenvalue weighted by atomic mass is 11.8. The van der Waals surface area contributed by atoms with Gasteiger partial charge < -0.3 is 14.3 Å². The average molecular weight is 108 g/mol. The molecular formula is C2H5O3P-2. The second-order valence-electron chi connectivity index (χ2n) is 0.793. The van der Waals surface area contributed by atoms with E-state index in [0.29, 0.717) is 0 Å². The SMILES string of the molecule is C=P([O-])([O-])OC. The normalized spacial score (nSPS) is 11.8. The van der Waals surface area contributed by atoms with Gasteiger partial charge in [0.05, 0.1) is 0 Å². The van der Waals surface area contributed by atoms with Gasteiger partial charge in [0, 0.05) is 7.11 Å². The van der Waals surface area contributed by atoms with Crippen LogP contribution in [0.4, 0.5) is 0 Å². The molecule has 0 atom stereocenters. The molecule has 0 spiro atoms. The van der Waals surface area contributed by atoms with E-state index in [-0.39, 0.29) is 0 Å². The molecule has 6 heavy (non-hydrogen) atoms. The highest BCUT2D eigenvalue weighted by Crippen LogP contribution is 2.20. The second kappa shape index (κ2) is 1.76. The summed E-state index contributed by atoms with van der Waals surface area (Å²) in [6.07, 6.45) is 2.67. The predicted molar refractivity (Wildman–Crippen MR) is 21.0 cm³/mol. The molecule has 0 aromatic rings. The summed E-state index contributed by atoms with van der Waals surface area (Å²) in [5.74, 6) is 0. The summed E-state index contributed by atoms with van der Waals surface area (Å²) in [7, 11) is -2.58. The molecule has 0 aliphatic rings. The van der Waals surface area contributed by atoms with Gasteiger partial charge in [0.1, 0.15) is 0 Å². The van der Waals surface area contributed by atoms with E-state index >= 15 is 0 Å². The first-order valence-electron chi connectivity index (χ1n) is 1.27. The lowest BCUT2D eigenvalue weighted by Crippen LogP contribution is -2.14. The molecule has 0 bridgehead atoms. The highest BCUT2D eigenvalue weighted by Gasteiger charge is 1.64. The van der Waals surface area contributed by atoms with E-state index < -0.39 is 7.57 Å². The topological polar surface area (TPSA) is 55.3 Å². The molecule has 0 aliphatic carbocycles. The Kier molecular flexibility index (Phi) is 1.81. The lowest BCUT2D eigenvalue weighted by molar-refractivity contribution is -0.320. The first-order chi connectivity index (χ1) is 2.56. The minimum Gasteiger partial charge on any atom is -0.821 e. The van der Waals surface area contributed by atoms with Crippen LogP contribution in [-0.2, 0) is 4.52 Å². The van der Waals surface area contributed by atoms with Crippen molar-refractivity contribution in [3.63, 3.8) is 0 Å². The van der Waals surface area contributed by atoms with Gasteiger partial charge >= 0.3 is 0 Å². The molecule has 0 N–H and O–H groups in total. The smallest absolute Gasteiger partial charge is 0.0364 e. The van der Waals surface area contributed by atoms with Crippen LogP contribution in [0.2, 0.25) is 0 Å². The fraction of sp³-hybridized carbons (Fsp3) is 0.500. The molecule has 0 fully saturated rings. The molecule has 0 unspecified atom stereocenters. The molecule has 0 aromatic heterocycles. The molecule has 0 saturated heterocycles. The Bertz CT molecular complexity index is 72.9. The standard InChI is InChI=1S/C2H5O3P/c1-5-6(2,3)4/h2H2,1H3/q-2. The number of rotatable bonds is 1. The maximum absolute atomic E-state index is 9.69. The number of hydrogen-bond donors (Lipinski definition) is 0. The van der Waals surface area contributed by atoms with Gasteiger partial charge in [0.2, 0.25) is 0 Å². The molecule has 0 aliphatic heterocycles. The van der Waals surface area contributed by atoms with Gasteiger partial charge in [-0.25, -0.2) is 0 Å². The summed E-state index contributed by atoms with van der Waals surface area (Å²) in [6, 6.07) is 0. The maximum Gasteiger partial charge on any atom is 0.0364 e. The van der Waals surface area contributed by atoms with Gasteiger partial charge in [-0.3, -0.25) is 0 Å². The Labute approximate surface area is 36.4 Å². The average Bonchev–Trinajstić information content (AvgIpc) is 1.35. The zero-order valence-corrected chi connectivity index (χ0v) is 4.27. The summed E-state index contributed by atoms with van der Waals surface area (Å²) in [5, 5.41) is 0. The van der Waals surface area contributed by atoms with E-state index in [2.05, 4.69) is 10.8 Å². The molecule has 0 radical (unpaired) electrons. The summed E-state index contributed by atoms with van der Waals surface area (Å²) < 4.78 is 3.83. The van der Waals surface area contributed by atoms with E-state index in [1.807, 2.05) is 0 Å². The molecule has 4 heteroatoms. The number of hydrogen-bond acceptors (Lipinski definition) is 3. The molecule has 3 nitrogen and oxygen atoms in total. The van der Waals surface area contributed by atoms with Gasteiger partial charge in [-0.2, -0.15) is 7.57 Å². The lowest BCUT2D eigenvalue weighted by Gasteiger charge is -2.35. The Morgan fingerprint density at radius 3 is 1.83 bits per heavy atom. The monoisotopic (exact) mass is 108 g/mol. The molecule has 0 heterocycles. The van der Waals surface area contributed by atoms with Crippen molar-refractivity contribution in [2.75, 3.05) is 7.11 Å². The van der Waals surface area contributed by atoms with Crippen LogP contribution in [0.5, 0.6) is 0 Å². The van der Waals surface area contributed by atoms with Crippen LogP contribution >= 0.6 is 7.57 Å². The fourth-order valence-electron chi connectivity index (χ4n) is 0. The molecule has 0 saturated carbocycles. The largest absolute Gasteiger partial charge is 0.821 e. The molecule has 38 valence electrons. The summed E-state index contributed by atoms with van der Waals surface area (Å²) in [6.45, 7) is 0. The Morgan fingerprint density at radius 1 is 1.67 bits per heavy atom. The Balaban J connectivity index is 3.48. The second-order valence-corrected chi connectivity index (χ2v) is 2.38. The first kappa shape index (κ1) is 6.18. The third kappa shape index (κ3) is 4.18. The molecule has 0 rings (SSSR count). The van der Waals surface area contributed by atoms with Gasteiger partial charge in [-0.05, 0) is 0 Å². The predicted octanol–water partition coefficient (Wildman–Crippen LogP) is -1.45. The van der Waals surface area contributed by atoms with Gasteiger partial charge in [-0.15, -0.1) is 6.30 Å². The van der Waals surface area contributed by atoms with Crippen molar-refractivity contribution in [1.29, 1.82) is 0 Å². The van der Waals surface area contributed by atoms with Crippen LogP contribution in [0.3, 0.4) is 0 Å². The van der Waals surface area contributed by atoms with Gasteiger partial charge in [-0.1, -0.05) is 0 Å². The first-order valence-corrected chi connectivity index (χ1v) is 3.00. The van der Waals surface area contributed by atoms with Crippen LogP contribution in [0.1, 0.15) is 0 Å². The Hall–Kier alpha value is 0.180. The Morgan fingerprint density at radius 2 is 1.83 bits per heavy atom. The van der Waals surface area contributed by atoms with Crippen molar-refractivity contribution in [3.05, 3.63) is 0 Å². The van der Waals surface area contributed by atoms with Crippen LogP contribution < -0.4 is 9.79 Å². The van der Waals surface area contributed by atoms with Crippen LogP contribution in [-0.4, -0.2) is 13.4 Å². The third-order valence-electron chi connectivity index (χ3n) is 0.278. The van der Waals surface area contributed by atoms with Crippen molar-refractivity contribution < 1.29 is 14.3 Å². The molecule has 0 aromatic carbocycles. The zero-order chi connectivity index (χ0) is 5.21. The molecule has 0 amide bonds. The zero-order valence-electron chi connectivity index (χ0n) is 3.38. The van der Waals surface area contributed by atoms with Crippen molar-refractivity contribution in [1.82, 2.24) is 0 Å². The van der Waals surface area contributed by atoms with Gasteiger partial charge in [0.15, 0.2) is 0 Å². The fourth-order valence-corrected chi connectivity index (χ4v) is 0. The van der Waals surface area contributed by atoms with E-state index in [1.165, 1.54) is 0 Å². The summed E-state index contributed by atoms with van der Waals surface area (Å²) in [4.78, 5) is 19.4. The summed E-state index contributed by atoms with van der Waals surface area (Å²) in [5.41, 5.74) is 0. The van der Waals surface area contributed by atoms with E-state index in [4.69, 9.17) is 0 Å². The van der Waals surface area contributed by atoms with Crippen LogP contribution in [0.25, 0.3) is 0 Å². The minimum atomic E-state index is -3.65. The van der Waals surface area contributed by atoms with Crippen molar-refractivity contribution in [2.24, 2.45) is 0 Å². The van der Waals surface area contributed by atoms with Gasteiger partial charge in [0.25, 0.3) is 0 Å². The molecular weight excluding hydrogens is 103 g/mol. The van der Waals surface area contributed by atoms with E-state index in [1.54, 1.807) is 0 Å². The van der Waals surface area contributed by atoms with E-state index in [9.17, 15) is 9.79 Å². The summed E-state index contributed by atoms with van der Waals surface area (Å²) >= 11 is 0. The van der Waals surface area contributed by atoms with E-state index in [0.717, 1.165) is 7.11 Å². The quantitative estimate of drug-likeness (QED) is 0.386. The van der Waals surface area contributed by atoms with Crippen molar-refractivity contribution in [2.45, 2.75) is 0 Å². The minimum absolute atomic E-state index is 1.07. The van der Waals surface area contributed by atoms with Crippen molar-refractivity contribution in [3.8, 4) is 0 Å².